The van der Waals surface area contributed by atoms with E-state index in [9.17, 15) is 14.4 Å². The Bertz CT molecular complexity index is 856. The molecule has 0 aromatic heterocycles. The Labute approximate surface area is 157 Å². The molecule has 0 spiro atoms. The van der Waals surface area contributed by atoms with Gasteiger partial charge in [-0.2, -0.15) is 0 Å². The monoisotopic (exact) mass is 370 g/mol. The fraction of sp³-hybridized carbons (Fsp3) is 0.250. The molecule has 0 saturated carbocycles. The van der Waals surface area contributed by atoms with Gasteiger partial charge in [-0.1, -0.05) is 12.1 Å². The van der Waals surface area contributed by atoms with E-state index in [1.165, 1.54) is 25.3 Å². The van der Waals surface area contributed by atoms with Gasteiger partial charge in [-0.05, 0) is 51.1 Å². The van der Waals surface area contributed by atoms with Gasteiger partial charge >= 0.3 is 6.09 Å². The van der Waals surface area contributed by atoms with E-state index in [2.05, 4.69) is 10.6 Å². The van der Waals surface area contributed by atoms with Crippen LogP contribution in [-0.4, -0.2) is 31.0 Å². The number of benzene rings is 2. The van der Waals surface area contributed by atoms with E-state index in [1.807, 2.05) is 0 Å². The fourth-order valence-corrected chi connectivity index (χ4v) is 2.25. The lowest BCUT2D eigenvalue weighted by molar-refractivity contribution is 0.0635. The molecule has 0 radical (unpaired) electrons. The summed E-state index contributed by atoms with van der Waals surface area (Å²) in [5.74, 6) is -0.0552. The Hall–Kier alpha value is -3.35. The summed E-state index contributed by atoms with van der Waals surface area (Å²) < 4.78 is 10.3. The molecular formula is C20H22N2O5. The van der Waals surface area contributed by atoms with Gasteiger partial charge in [-0.3, -0.25) is 14.9 Å². The lowest BCUT2D eigenvalue weighted by atomic mass is 10.1. The minimum atomic E-state index is -0.645. The topological polar surface area (TPSA) is 93.7 Å². The molecule has 142 valence electrons. The highest BCUT2D eigenvalue weighted by atomic mass is 16.6. The number of ether oxygens (including phenoxy) is 2. The average molecular weight is 370 g/mol. The van der Waals surface area contributed by atoms with E-state index < -0.39 is 17.6 Å². The lowest BCUT2D eigenvalue weighted by Crippen LogP contribution is -2.27. The molecule has 0 atom stereocenters. The number of carbonyl (C=O) groups excluding carboxylic acids is 3. The van der Waals surface area contributed by atoms with Gasteiger partial charge in [0.2, 0.25) is 0 Å². The first-order valence-corrected chi connectivity index (χ1v) is 8.26. The molecule has 0 aliphatic rings. The number of anilines is 2. The number of amides is 2. The van der Waals surface area contributed by atoms with Crippen molar-refractivity contribution in [1.82, 2.24) is 0 Å². The molecule has 0 saturated heterocycles. The zero-order chi connectivity index (χ0) is 20.0. The highest BCUT2D eigenvalue weighted by molar-refractivity contribution is 6.07. The number of nitrogens with one attached hydrogen (secondary N) is 2. The third-order valence-electron chi connectivity index (χ3n) is 3.37. The predicted molar refractivity (Wildman–Crippen MR) is 103 cm³/mol. The SMILES string of the molecule is COc1cc(C=O)cc(C(=O)Nc2ccccc2NC(=O)OC(C)(C)C)c1. The van der Waals surface area contributed by atoms with Crippen LogP contribution < -0.4 is 15.4 Å². The maximum atomic E-state index is 12.6. The van der Waals surface area contributed by atoms with Crippen LogP contribution in [-0.2, 0) is 4.74 Å². The number of para-hydroxylation sites is 2. The van der Waals surface area contributed by atoms with E-state index in [4.69, 9.17) is 9.47 Å². The van der Waals surface area contributed by atoms with Crippen molar-refractivity contribution in [3.63, 3.8) is 0 Å². The minimum absolute atomic E-state index is 0.253. The minimum Gasteiger partial charge on any atom is -0.497 e. The van der Waals surface area contributed by atoms with E-state index in [0.29, 0.717) is 29.0 Å². The van der Waals surface area contributed by atoms with Crippen LogP contribution in [0, 0.1) is 0 Å². The van der Waals surface area contributed by atoms with Gasteiger partial charge in [0.15, 0.2) is 0 Å². The molecule has 0 aliphatic heterocycles. The van der Waals surface area contributed by atoms with Crippen LogP contribution in [0.3, 0.4) is 0 Å². The Morgan fingerprint density at radius 2 is 1.63 bits per heavy atom. The molecule has 0 heterocycles. The van der Waals surface area contributed by atoms with Gasteiger partial charge in [0.25, 0.3) is 5.91 Å². The Balaban J connectivity index is 2.22. The molecule has 2 aromatic carbocycles. The van der Waals surface area contributed by atoms with E-state index >= 15 is 0 Å². The lowest BCUT2D eigenvalue weighted by Gasteiger charge is -2.20. The molecule has 7 nitrogen and oxygen atoms in total. The summed E-state index contributed by atoms with van der Waals surface area (Å²) in [6.45, 7) is 5.27. The number of hydrogen-bond donors (Lipinski definition) is 2. The maximum absolute atomic E-state index is 12.6. The summed E-state index contributed by atoms with van der Waals surface area (Å²) in [4.78, 5) is 35.6. The molecule has 2 rings (SSSR count). The van der Waals surface area contributed by atoms with Gasteiger partial charge in [-0.15, -0.1) is 0 Å². The molecule has 2 aromatic rings. The molecular weight excluding hydrogens is 348 g/mol. The summed E-state index contributed by atoms with van der Waals surface area (Å²) in [5, 5.41) is 5.33. The smallest absolute Gasteiger partial charge is 0.412 e. The Morgan fingerprint density at radius 3 is 2.19 bits per heavy atom. The second-order valence-corrected chi connectivity index (χ2v) is 6.74. The van der Waals surface area contributed by atoms with Gasteiger partial charge in [-0.25, -0.2) is 4.79 Å². The molecule has 0 bridgehead atoms. The first kappa shape index (κ1) is 20.0. The number of aldehydes is 1. The molecule has 2 amide bonds. The average Bonchev–Trinajstić information content (AvgIpc) is 2.61. The number of carbonyl (C=O) groups is 3. The number of methoxy groups -OCH3 is 1. The molecule has 7 heteroatoms. The first-order chi connectivity index (χ1) is 12.7. The van der Waals surface area contributed by atoms with Crippen molar-refractivity contribution < 1.29 is 23.9 Å². The van der Waals surface area contributed by atoms with Crippen molar-refractivity contribution >= 4 is 29.7 Å². The van der Waals surface area contributed by atoms with E-state index in [0.717, 1.165) is 0 Å². The zero-order valence-electron chi connectivity index (χ0n) is 15.7. The van der Waals surface area contributed by atoms with E-state index in [1.54, 1.807) is 45.0 Å². The number of hydrogen-bond acceptors (Lipinski definition) is 5. The van der Waals surface area contributed by atoms with Crippen LogP contribution >= 0.6 is 0 Å². The van der Waals surface area contributed by atoms with Gasteiger partial charge < -0.3 is 14.8 Å². The van der Waals surface area contributed by atoms with Crippen molar-refractivity contribution in [2.45, 2.75) is 26.4 Å². The van der Waals surface area contributed by atoms with Crippen LogP contribution in [0.2, 0.25) is 0 Å². The summed E-state index contributed by atoms with van der Waals surface area (Å²) >= 11 is 0. The molecule has 0 aliphatic carbocycles. The maximum Gasteiger partial charge on any atom is 0.412 e. The number of rotatable bonds is 5. The van der Waals surface area contributed by atoms with Crippen molar-refractivity contribution in [1.29, 1.82) is 0 Å². The van der Waals surface area contributed by atoms with Gasteiger partial charge in [0.05, 0.1) is 18.5 Å². The third kappa shape index (κ3) is 5.85. The third-order valence-corrected chi connectivity index (χ3v) is 3.37. The quantitative estimate of drug-likeness (QED) is 0.773. The van der Waals surface area contributed by atoms with Crippen LogP contribution in [0.1, 0.15) is 41.5 Å². The Kier molecular flexibility index (Phi) is 6.18. The van der Waals surface area contributed by atoms with Crippen molar-refractivity contribution in [2.24, 2.45) is 0 Å². The van der Waals surface area contributed by atoms with Gasteiger partial charge in [0.1, 0.15) is 17.6 Å². The summed E-state index contributed by atoms with van der Waals surface area (Å²) in [7, 11) is 1.45. The fourth-order valence-electron chi connectivity index (χ4n) is 2.25. The molecule has 0 unspecified atom stereocenters. The van der Waals surface area contributed by atoms with Crippen LogP contribution in [0.4, 0.5) is 16.2 Å². The highest BCUT2D eigenvalue weighted by Crippen LogP contribution is 2.24. The second-order valence-electron chi connectivity index (χ2n) is 6.74. The first-order valence-electron chi connectivity index (χ1n) is 8.26. The normalized spacial score (nSPS) is 10.7. The van der Waals surface area contributed by atoms with Gasteiger partial charge in [0, 0.05) is 11.1 Å². The molecule has 2 N–H and O–H groups in total. The standard InChI is InChI=1S/C20H22N2O5/c1-20(2,3)27-19(25)22-17-8-6-5-7-16(17)21-18(24)14-9-13(12-23)10-15(11-14)26-4/h5-12H,1-4H3,(H,21,24)(H,22,25). The summed E-state index contributed by atoms with van der Waals surface area (Å²) in [5.41, 5.74) is 0.708. The van der Waals surface area contributed by atoms with Crippen LogP contribution in [0.15, 0.2) is 42.5 Å². The van der Waals surface area contributed by atoms with Crippen molar-refractivity contribution in [2.75, 3.05) is 17.7 Å². The van der Waals surface area contributed by atoms with Crippen LogP contribution in [0.25, 0.3) is 0 Å². The summed E-state index contributed by atoms with van der Waals surface area (Å²) in [6, 6.07) is 11.2. The Morgan fingerprint density at radius 1 is 1.00 bits per heavy atom. The second kappa shape index (κ2) is 8.35. The molecule has 27 heavy (non-hydrogen) atoms. The van der Waals surface area contributed by atoms with E-state index in [-0.39, 0.29) is 5.56 Å². The van der Waals surface area contributed by atoms with Crippen molar-refractivity contribution in [3.05, 3.63) is 53.6 Å². The predicted octanol–water partition coefficient (Wildman–Crippen LogP) is 4.11. The molecule has 0 fully saturated rings. The van der Waals surface area contributed by atoms with Crippen molar-refractivity contribution in [3.8, 4) is 5.75 Å². The largest absolute Gasteiger partial charge is 0.497 e. The highest BCUT2D eigenvalue weighted by Gasteiger charge is 2.18. The zero-order valence-corrected chi connectivity index (χ0v) is 15.7. The van der Waals surface area contributed by atoms with Crippen LogP contribution in [0.5, 0.6) is 5.75 Å². The summed E-state index contributed by atoms with van der Waals surface area (Å²) in [6.07, 6.45) is 0.00549.